The van der Waals surface area contributed by atoms with Gasteiger partial charge >= 0.3 is 0 Å². The summed E-state index contributed by atoms with van der Waals surface area (Å²) in [5, 5.41) is 7.90. The number of hydrogen-bond donors (Lipinski definition) is 2. The first-order valence-corrected chi connectivity index (χ1v) is 11.7. The summed E-state index contributed by atoms with van der Waals surface area (Å²) in [5.74, 6) is 3.31. The minimum atomic E-state index is 0. The molecule has 0 amide bonds. The lowest BCUT2D eigenvalue weighted by atomic mass is 9.96. The fraction of sp³-hybridized carbons (Fsp3) is 0.583. The van der Waals surface area contributed by atoms with Crippen LogP contribution in [0, 0.1) is 19.8 Å². The van der Waals surface area contributed by atoms with Crippen LogP contribution in [0.1, 0.15) is 48.6 Å². The van der Waals surface area contributed by atoms with Crippen molar-refractivity contribution in [2.45, 2.75) is 51.5 Å². The van der Waals surface area contributed by atoms with Crippen molar-refractivity contribution in [2.24, 2.45) is 10.9 Å². The normalized spacial score (nSPS) is 18.8. The molecule has 2 aliphatic rings. The van der Waals surface area contributed by atoms with Gasteiger partial charge in [-0.25, -0.2) is 4.98 Å². The summed E-state index contributed by atoms with van der Waals surface area (Å²) in [6.07, 6.45) is 4.74. The molecule has 6 nitrogen and oxygen atoms in total. The minimum absolute atomic E-state index is 0. The van der Waals surface area contributed by atoms with Crippen molar-refractivity contribution in [3.63, 3.8) is 0 Å². The number of aryl methyl sites for hydroxylation is 2. The summed E-state index contributed by atoms with van der Waals surface area (Å²) in [6, 6.07) is 8.27. The van der Waals surface area contributed by atoms with Gasteiger partial charge in [0.15, 0.2) is 5.96 Å². The van der Waals surface area contributed by atoms with Crippen LogP contribution in [0.4, 0.5) is 0 Å². The monoisotopic (exact) mass is 571 g/mol. The Kier molecular flexibility index (Phi) is 8.86. The number of oxazole rings is 1. The van der Waals surface area contributed by atoms with Crippen LogP contribution in [-0.4, -0.2) is 49.1 Å². The first kappa shape index (κ1) is 25.3. The smallest absolute Gasteiger partial charge is 0.208 e. The van der Waals surface area contributed by atoms with Gasteiger partial charge in [-0.15, -0.1) is 24.0 Å². The Morgan fingerprint density at radius 2 is 2.00 bits per heavy atom. The Hall–Kier alpha value is -1.32. The number of nitrogens with zero attached hydrogens (tertiary/aromatic N) is 3. The summed E-state index contributed by atoms with van der Waals surface area (Å²) < 4.78 is 5.74. The number of halogens is 2. The van der Waals surface area contributed by atoms with E-state index in [4.69, 9.17) is 16.0 Å². The highest BCUT2D eigenvalue weighted by molar-refractivity contribution is 14.0. The quantitative estimate of drug-likeness (QED) is 0.287. The third-order valence-corrected chi connectivity index (χ3v) is 7.04. The van der Waals surface area contributed by atoms with E-state index in [1.165, 1.54) is 31.2 Å². The van der Waals surface area contributed by atoms with Crippen LogP contribution < -0.4 is 10.6 Å². The van der Waals surface area contributed by atoms with Gasteiger partial charge in [0.25, 0.3) is 0 Å². The van der Waals surface area contributed by atoms with Crippen LogP contribution in [0.5, 0.6) is 0 Å². The van der Waals surface area contributed by atoms with E-state index in [2.05, 4.69) is 37.6 Å². The largest absolute Gasteiger partial charge is 0.444 e. The van der Waals surface area contributed by atoms with Crippen molar-refractivity contribution in [3.05, 3.63) is 52.2 Å². The van der Waals surface area contributed by atoms with E-state index in [0.29, 0.717) is 5.92 Å². The summed E-state index contributed by atoms with van der Waals surface area (Å²) in [4.78, 5) is 11.4. The number of nitrogens with one attached hydrogen (secondary N) is 2. The first-order valence-electron chi connectivity index (χ1n) is 11.3. The Balaban J connectivity index is 0.00000289. The van der Waals surface area contributed by atoms with Crippen LogP contribution in [0.2, 0.25) is 5.02 Å². The summed E-state index contributed by atoms with van der Waals surface area (Å²) in [5.41, 5.74) is 2.52. The van der Waals surface area contributed by atoms with Gasteiger partial charge in [-0.2, -0.15) is 0 Å². The van der Waals surface area contributed by atoms with Gasteiger partial charge in [-0.05, 0) is 76.2 Å². The van der Waals surface area contributed by atoms with Gasteiger partial charge in [-0.3, -0.25) is 9.89 Å². The lowest BCUT2D eigenvalue weighted by Crippen LogP contribution is -2.44. The summed E-state index contributed by atoms with van der Waals surface area (Å²) in [6.45, 7) is 8.79. The molecule has 1 aliphatic carbocycles. The van der Waals surface area contributed by atoms with Crippen molar-refractivity contribution in [1.82, 2.24) is 20.5 Å². The molecule has 1 aromatic heterocycles. The molecule has 0 unspecified atom stereocenters. The van der Waals surface area contributed by atoms with Crippen molar-refractivity contribution in [1.29, 1.82) is 0 Å². The Bertz CT molecular complexity index is 899. The minimum Gasteiger partial charge on any atom is -0.444 e. The third-order valence-electron chi connectivity index (χ3n) is 6.81. The molecule has 2 heterocycles. The van der Waals surface area contributed by atoms with Gasteiger partial charge in [0.2, 0.25) is 5.89 Å². The molecular formula is C24H35ClIN5O. The zero-order valence-electron chi connectivity index (χ0n) is 19.3. The maximum Gasteiger partial charge on any atom is 0.208 e. The molecular weight excluding hydrogens is 537 g/mol. The number of likely N-dealkylation sites (tertiary alicyclic amines) is 1. The lowest BCUT2D eigenvalue weighted by Gasteiger charge is -2.31. The number of piperidine rings is 1. The molecule has 2 aromatic rings. The summed E-state index contributed by atoms with van der Waals surface area (Å²) in [7, 11) is 1.84. The van der Waals surface area contributed by atoms with E-state index in [1.54, 1.807) is 0 Å². The average molecular weight is 572 g/mol. The molecule has 0 bridgehead atoms. The Morgan fingerprint density at radius 3 is 2.59 bits per heavy atom. The molecule has 32 heavy (non-hydrogen) atoms. The standard InChI is InChI=1S/C24H34ClN5O.HI/c1-17-18(2)31-22(29-17)15-30-11-7-19(8-12-30)14-27-23(26-3)28-16-24(9-10-24)20-5-4-6-21(25)13-20;/h4-6,13,19H,7-12,14-16H2,1-3H3,(H2,26,27,28);1H. The fourth-order valence-electron chi connectivity index (χ4n) is 4.40. The maximum atomic E-state index is 6.20. The number of aromatic nitrogens is 1. The fourth-order valence-corrected chi connectivity index (χ4v) is 4.59. The molecule has 1 aromatic carbocycles. The topological polar surface area (TPSA) is 65.7 Å². The first-order chi connectivity index (χ1) is 15.0. The van der Waals surface area contributed by atoms with Crippen LogP contribution in [-0.2, 0) is 12.0 Å². The molecule has 8 heteroatoms. The van der Waals surface area contributed by atoms with Gasteiger partial charge in [0.05, 0.1) is 12.2 Å². The average Bonchev–Trinajstić information content (AvgIpc) is 3.49. The molecule has 1 saturated heterocycles. The van der Waals surface area contributed by atoms with Crippen LogP contribution >= 0.6 is 35.6 Å². The van der Waals surface area contributed by atoms with E-state index in [-0.39, 0.29) is 29.4 Å². The number of guanidine groups is 1. The highest BCUT2D eigenvalue weighted by Gasteiger charge is 2.44. The molecule has 176 valence electrons. The molecule has 2 fully saturated rings. The van der Waals surface area contributed by atoms with Gasteiger partial charge in [0.1, 0.15) is 5.76 Å². The van der Waals surface area contributed by atoms with Crippen molar-refractivity contribution < 1.29 is 4.42 Å². The predicted molar refractivity (Wildman–Crippen MR) is 141 cm³/mol. The van der Waals surface area contributed by atoms with Crippen molar-refractivity contribution in [3.8, 4) is 0 Å². The second-order valence-electron chi connectivity index (χ2n) is 9.07. The van der Waals surface area contributed by atoms with E-state index < -0.39 is 0 Å². The number of benzene rings is 1. The highest BCUT2D eigenvalue weighted by Crippen LogP contribution is 2.48. The number of hydrogen-bond acceptors (Lipinski definition) is 4. The zero-order chi connectivity index (χ0) is 21.8. The predicted octanol–water partition coefficient (Wildman–Crippen LogP) is 4.67. The van der Waals surface area contributed by atoms with Gasteiger partial charge in [0, 0.05) is 30.6 Å². The molecule has 0 spiro atoms. The van der Waals surface area contributed by atoms with Crippen molar-refractivity contribution >= 4 is 41.5 Å². The Labute approximate surface area is 213 Å². The summed E-state index contributed by atoms with van der Waals surface area (Å²) >= 11 is 6.20. The molecule has 0 atom stereocenters. The SMILES string of the molecule is CN=C(NCC1CCN(Cc2nc(C)c(C)o2)CC1)NCC1(c2cccc(Cl)c2)CC1.I. The zero-order valence-corrected chi connectivity index (χ0v) is 22.4. The van der Waals surface area contributed by atoms with Crippen molar-refractivity contribution in [2.75, 3.05) is 33.2 Å². The molecule has 4 rings (SSSR count). The second-order valence-corrected chi connectivity index (χ2v) is 9.50. The molecule has 0 radical (unpaired) electrons. The second kappa shape index (κ2) is 11.2. The van der Waals surface area contributed by atoms with Crippen LogP contribution in [0.25, 0.3) is 0 Å². The number of aliphatic imine (C=N–C) groups is 1. The van der Waals surface area contributed by atoms with E-state index in [0.717, 1.165) is 61.1 Å². The molecule has 1 aliphatic heterocycles. The van der Waals surface area contributed by atoms with E-state index >= 15 is 0 Å². The number of rotatable bonds is 7. The van der Waals surface area contributed by atoms with Crippen LogP contribution in [0.3, 0.4) is 0 Å². The van der Waals surface area contributed by atoms with E-state index in [9.17, 15) is 0 Å². The van der Waals surface area contributed by atoms with Crippen LogP contribution in [0.15, 0.2) is 33.7 Å². The van der Waals surface area contributed by atoms with Gasteiger partial charge in [-0.1, -0.05) is 23.7 Å². The Morgan fingerprint density at radius 1 is 1.25 bits per heavy atom. The third kappa shape index (κ3) is 6.38. The van der Waals surface area contributed by atoms with Gasteiger partial charge < -0.3 is 15.1 Å². The maximum absolute atomic E-state index is 6.20. The highest BCUT2D eigenvalue weighted by atomic mass is 127. The molecule has 2 N–H and O–H groups in total. The van der Waals surface area contributed by atoms with E-state index in [1.807, 2.05) is 33.0 Å². The molecule has 1 saturated carbocycles. The lowest BCUT2D eigenvalue weighted by molar-refractivity contribution is 0.164.